The van der Waals surface area contributed by atoms with Gasteiger partial charge in [-0.25, -0.2) is 4.39 Å². The van der Waals surface area contributed by atoms with E-state index >= 15 is 0 Å². The summed E-state index contributed by atoms with van der Waals surface area (Å²) in [6, 6.07) is 4.35. The van der Waals surface area contributed by atoms with Crippen LogP contribution in [0.1, 0.15) is 31.7 Å². The number of rotatable bonds is 4. The largest absolute Gasteiger partial charge is 0.481 e. The van der Waals surface area contributed by atoms with Gasteiger partial charge in [0.2, 0.25) is 0 Å². The first-order valence-corrected chi connectivity index (χ1v) is 7.24. The van der Waals surface area contributed by atoms with Crippen LogP contribution in [0.5, 0.6) is 0 Å². The summed E-state index contributed by atoms with van der Waals surface area (Å²) < 4.78 is 13.2. The number of piperidine rings is 1. The number of likely N-dealkylation sites (tertiary alicyclic amines) is 1. The minimum atomic E-state index is -0.705. The van der Waals surface area contributed by atoms with E-state index in [-0.39, 0.29) is 5.82 Å². The van der Waals surface area contributed by atoms with Crippen molar-refractivity contribution in [2.75, 3.05) is 13.1 Å². The lowest BCUT2D eigenvalue weighted by Crippen LogP contribution is -2.43. The van der Waals surface area contributed by atoms with Gasteiger partial charge in [0.25, 0.3) is 0 Å². The van der Waals surface area contributed by atoms with Gasteiger partial charge in [0, 0.05) is 11.6 Å². The molecule has 0 aromatic heterocycles. The van der Waals surface area contributed by atoms with Gasteiger partial charge in [-0.15, -0.1) is 0 Å². The summed E-state index contributed by atoms with van der Waals surface area (Å²) in [5.41, 5.74) is 0.161. The summed E-state index contributed by atoms with van der Waals surface area (Å²) in [5.74, 6) is -1.00. The molecule has 0 radical (unpaired) electrons. The van der Waals surface area contributed by atoms with Crippen LogP contribution in [0.3, 0.4) is 0 Å². The van der Waals surface area contributed by atoms with Crippen LogP contribution >= 0.6 is 11.6 Å². The SMILES string of the molecule is CCC1(C(=O)O)CCN(Cc2cc(F)ccc2Cl)CC1. The van der Waals surface area contributed by atoms with Gasteiger partial charge < -0.3 is 5.11 Å². The average Bonchev–Trinajstić information content (AvgIpc) is 2.43. The fraction of sp³-hybridized carbons (Fsp3) is 0.533. The first-order valence-electron chi connectivity index (χ1n) is 6.86. The zero-order valence-corrected chi connectivity index (χ0v) is 12.3. The molecule has 0 saturated carbocycles. The lowest BCUT2D eigenvalue weighted by molar-refractivity contribution is -0.152. The van der Waals surface area contributed by atoms with Crippen molar-refractivity contribution < 1.29 is 14.3 Å². The number of aliphatic carboxylic acids is 1. The average molecular weight is 300 g/mol. The zero-order valence-electron chi connectivity index (χ0n) is 11.5. The van der Waals surface area contributed by atoms with Crippen molar-refractivity contribution in [3.8, 4) is 0 Å². The Morgan fingerprint density at radius 2 is 2.10 bits per heavy atom. The van der Waals surface area contributed by atoms with E-state index in [0.29, 0.717) is 43.9 Å². The van der Waals surface area contributed by atoms with Crippen LogP contribution in [0.4, 0.5) is 4.39 Å². The molecule has 110 valence electrons. The standard InChI is InChI=1S/C15H19ClFNO2/c1-2-15(14(19)20)5-7-18(8-6-15)10-11-9-12(17)3-4-13(11)16/h3-4,9H,2,5-8,10H2,1H3,(H,19,20). The molecule has 1 aliphatic heterocycles. The second-order valence-electron chi connectivity index (χ2n) is 5.45. The molecule has 0 unspecified atom stereocenters. The molecule has 3 nitrogen and oxygen atoms in total. The smallest absolute Gasteiger partial charge is 0.309 e. The Morgan fingerprint density at radius 3 is 2.65 bits per heavy atom. The van der Waals surface area contributed by atoms with Crippen LogP contribution in [0.15, 0.2) is 18.2 Å². The Kier molecular flexibility index (Phi) is 4.66. The highest BCUT2D eigenvalue weighted by atomic mass is 35.5. The number of benzene rings is 1. The predicted molar refractivity (Wildman–Crippen MR) is 76.3 cm³/mol. The number of hydrogen-bond donors (Lipinski definition) is 1. The molecule has 0 bridgehead atoms. The molecule has 0 atom stereocenters. The van der Waals surface area contributed by atoms with Gasteiger partial charge in [0.1, 0.15) is 5.82 Å². The monoisotopic (exact) mass is 299 g/mol. The zero-order chi connectivity index (χ0) is 14.8. The lowest BCUT2D eigenvalue weighted by atomic mass is 9.76. The Balaban J connectivity index is 2.01. The number of carboxylic acids is 1. The molecule has 0 amide bonds. The van der Waals surface area contributed by atoms with Gasteiger partial charge in [0.05, 0.1) is 5.41 Å². The van der Waals surface area contributed by atoms with Crippen molar-refractivity contribution in [2.24, 2.45) is 5.41 Å². The molecule has 1 heterocycles. The summed E-state index contributed by atoms with van der Waals surface area (Å²) in [4.78, 5) is 13.5. The Labute approximate surface area is 123 Å². The van der Waals surface area contributed by atoms with Crippen molar-refractivity contribution in [3.63, 3.8) is 0 Å². The van der Waals surface area contributed by atoms with Gasteiger partial charge in [-0.3, -0.25) is 9.69 Å². The summed E-state index contributed by atoms with van der Waals surface area (Å²) in [6.45, 7) is 3.89. The fourth-order valence-electron chi connectivity index (χ4n) is 2.76. The van der Waals surface area contributed by atoms with Crippen LogP contribution in [0, 0.1) is 11.2 Å². The summed E-state index contributed by atoms with van der Waals surface area (Å²) in [5, 5.41) is 9.91. The van der Waals surface area contributed by atoms with Gasteiger partial charge >= 0.3 is 5.97 Å². The third kappa shape index (κ3) is 3.13. The second-order valence-corrected chi connectivity index (χ2v) is 5.86. The van der Waals surface area contributed by atoms with E-state index in [4.69, 9.17) is 11.6 Å². The molecule has 1 N–H and O–H groups in total. The molecule has 1 aliphatic rings. The van der Waals surface area contributed by atoms with Gasteiger partial charge in [-0.2, -0.15) is 0 Å². The minimum Gasteiger partial charge on any atom is -0.481 e. The molecular weight excluding hydrogens is 281 g/mol. The Bertz CT molecular complexity index is 499. The number of carbonyl (C=O) groups is 1. The lowest BCUT2D eigenvalue weighted by Gasteiger charge is -2.38. The molecule has 0 spiro atoms. The maximum Gasteiger partial charge on any atom is 0.309 e. The molecule has 2 rings (SSSR count). The quantitative estimate of drug-likeness (QED) is 0.924. The number of carboxylic acid groups (broad SMARTS) is 1. The molecule has 0 aliphatic carbocycles. The van der Waals surface area contributed by atoms with Crippen LogP contribution in [-0.2, 0) is 11.3 Å². The summed E-state index contributed by atoms with van der Waals surface area (Å²) >= 11 is 6.06. The van der Waals surface area contributed by atoms with Crippen LogP contribution < -0.4 is 0 Å². The van der Waals surface area contributed by atoms with Crippen LogP contribution in [-0.4, -0.2) is 29.1 Å². The van der Waals surface area contributed by atoms with Gasteiger partial charge in [-0.05, 0) is 56.1 Å². The van der Waals surface area contributed by atoms with E-state index in [0.717, 1.165) is 5.56 Å². The highest BCUT2D eigenvalue weighted by molar-refractivity contribution is 6.31. The highest BCUT2D eigenvalue weighted by Crippen LogP contribution is 2.35. The van der Waals surface area contributed by atoms with Crippen molar-refractivity contribution in [3.05, 3.63) is 34.6 Å². The minimum absolute atomic E-state index is 0.296. The summed E-state index contributed by atoms with van der Waals surface area (Å²) in [7, 11) is 0. The van der Waals surface area contributed by atoms with E-state index in [9.17, 15) is 14.3 Å². The van der Waals surface area contributed by atoms with Gasteiger partial charge in [0.15, 0.2) is 0 Å². The summed E-state index contributed by atoms with van der Waals surface area (Å²) in [6.07, 6.45) is 1.91. The van der Waals surface area contributed by atoms with Crippen molar-refractivity contribution in [2.45, 2.75) is 32.7 Å². The van der Waals surface area contributed by atoms with E-state index in [1.807, 2.05) is 6.92 Å². The van der Waals surface area contributed by atoms with Crippen LogP contribution in [0.25, 0.3) is 0 Å². The molecule has 5 heteroatoms. The number of halogens is 2. The first kappa shape index (κ1) is 15.3. The first-order chi connectivity index (χ1) is 9.47. The Hall–Kier alpha value is -1.13. The van der Waals surface area contributed by atoms with Crippen molar-refractivity contribution in [1.82, 2.24) is 4.90 Å². The molecular formula is C15H19ClFNO2. The van der Waals surface area contributed by atoms with E-state index in [1.165, 1.54) is 12.1 Å². The molecule has 1 saturated heterocycles. The predicted octanol–water partition coefficient (Wildman–Crippen LogP) is 3.56. The maximum absolute atomic E-state index is 13.2. The molecule has 20 heavy (non-hydrogen) atoms. The van der Waals surface area contributed by atoms with Crippen molar-refractivity contribution in [1.29, 1.82) is 0 Å². The normalized spacial score (nSPS) is 18.9. The Morgan fingerprint density at radius 1 is 1.45 bits per heavy atom. The molecule has 1 aromatic rings. The van der Waals surface area contributed by atoms with Gasteiger partial charge in [-0.1, -0.05) is 18.5 Å². The third-order valence-corrected chi connectivity index (χ3v) is 4.71. The fourth-order valence-corrected chi connectivity index (χ4v) is 2.94. The van der Waals surface area contributed by atoms with E-state index < -0.39 is 11.4 Å². The van der Waals surface area contributed by atoms with Crippen molar-refractivity contribution >= 4 is 17.6 Å². The number of hydrogen-bond acceptors (Lipinski definition) is 2. The maximum atomic E-state index is 13.2. The molecule has 1 fully saturated rings. The second kappa shape index (κ2) is 6.10. The molecule has 1 aromatic carbocycles. The highest BCUT2D eigenvalue weighted by Gasteiger charge is 2.39. The van der Waals surface area contributed by atoms with E-state index in [2.05, 4.69) is 4.90 Å². The topological polar surface area (TPSA) is 40.5 Å². The van der Waals surface area contributed by atoms with E-state index in [1.54, 1.807) is 6.07 Å². The van der Waals surface area contributed by atoms with Crippen LogP contribution in [0.2, 0.25) is 5.02 Å². The third-order valence-electron chi connectivity index (χ3n) is 4.35. The number of nitrogens with zero attached hydrogens (tertiary/aromatic N) is 1.